The number of urea groups is 1. The Hall–Kier alpha value is -3.13. The fourth-order valence-corrected chi connectivity index (χ4v) is 4.28. The molecule has 2 aromatic heterocycles. The molecule has 3 atom stereocenters. The van der Waals surface area contributed by atoms with Gasteiger partial charge in [-0.15, -0.1) is 0 Å². The Morgan fingerprint density at radius 3 is 2.50 bits per heavy atom. The molecule has 0 spiro atoms. The molecule has 168 valence electrons. The van der Waals surface area contributed by atoms with Gasteiger partial charge in [0.25, 0.3) is 0 Å². The molecule has 1 unspecified atom stereocenters. The summed E-state index contributed by atoms with van der Waals surface area (Å²) in [6, 6.07) is 9.33. The normalized spacial score (nSPS) is 19.7. The van der Waals surface area contributed by atoms with Crippen LogP contribution in [0.4, 0.5) is 16.6 Å². The molecule has 1 aliphatic heterocycles. The third-order valence-electron chi connectivity index (χ3n) is 6.00. The summed E-state index contributed by atoms with van der Waals surface area (Å²) in [6.45, 7) is 8.32. The highest BCUT2D eigenvalue weighted by atomic mass is 35.5. The number of nitrogens with one attached hydrogen (secondary N) is 1. The number of benzene rings is 1. The number of aromatic nitrogens is 4. The van der Waals surface area contributed by atoms with Gasteiger partial charge in [0.05, 0.1) is 30.1 Å². The lowest BCUT2D eigenvalue weighted by Crippen LogP contribution is -2.40. The van der Waals surface area contributed by atoms with Crippen molar-refractivity contribution in [2.24, 2.45) is 5.92 Å². The van der Waals surface area contributed by atoms with Crippen LogP contribution in [-0.2, 0) is 0 Å². The predicted octanol–water partition coefficient (Wildman–Crippen LogP) is 4.77. The molecular formula is C23H28ClN7O. The van der Waals surface area contributed by atoms with E-state index in [9.17, 15) is 4.79 Å². The van der Waals surface area contributed by atoms with Crippen molar-refractivity contribution in [3.63, 3.8) is 0 Å². The highest BCUT2D eigenvalue weighted by Crippen LogP contribution is 2.31. The minimum Gasteiger partial charge on any atom is -0.346 e. The summed E-state index contributed by atoms with van der Waals surface area (Å²) in [5, 5.41) is 4.00. The van der Waals surface area contributed by atoms with Crippen molar-refractivity contribution in [1.82, 2.24) is 24.4 Å². The highest BCUT2D eigenvalue weighted by Gasteiger charge is 2.44. The summed E-state index contributed by atoms with van der Waals surface area (Å²) in [5.74, 6) is 1.34. The number of halogens is 1. The van der Waals surface area contributed by atoms with E-state index in [1.54, 1.807) is 28.4 Å². The smallest absolute Gasteiger partial charge is 0.326 e. The standard InChI is InChI=1S/C23H28ClN7O/c1-14(2)21-16(4)29(5)23(32)31(21)20-10-11-25-22(28-20)27-15(3)19-12-30(13-26-19)18-8-6-17(24)7-9-18/h6-16,21H,1-5H3,(H,25,27,28)/t15-,16?,21-/m0/s1. The fourth-order valence-electron chi connectivity index (χ4n) is 4.16. The van der Waals surface area contributed by atoms with Gasteiger partial charge in [-0.05, 0) is 50.1 Å². The van der Waals surface area contributed by atoms with Crippen molar-refractivity contribution < 1.29 is 4.79 Å². The van der Waals surface area contributed by atoms with Crippen LogP contribution in [0.2, 0.25) is 5.02 Å². The third-order valence-corrected chi connectivity index (χ3v) is 6.25. The number of anilines is 2. The van der Waals surface area contributed by atoms with Gasteiger partial charge in [0, 0.05) is 30.2 Å². The summed E-state index contributed by atoms with van der Waals surface area (Å²) >= 11 is 5.98. The summed E-state index contributed by atoms with van der Waals surface area (Å²) < 4.78 is 1.94. The maximum atomic E-state index is 12.9. The quantitative estimate of drug-likeness (QED) is 0.581. The molecule has 1 aliphatic rings. The molecule has 1 fully saturated rings. The van der Waals surface area contributed by atoms with Crippen LogP contribution in [0.5, 0.6) is 0 Å². The second-order valence-corrected chi connectivity index (χ2v) is 8.96. The van der Waals surface area contributed by atoms with Crippen molar-refractivity contribution in [2.75, 3.05) is 17.3 Å². The minimum atomic E-state index is -0.129. The van der Waals surface area contributed by atoms with Crippen LogP contribution in [0.15, 0.2) is 49.1 Å². The van der Waals surface area contributed by atoms with E-state index < -0.39 is 0 Å². The van der Waals surface area contributed by atoms with E-state index in [4.69, 9.17) is 11.6 Å². The average Bonchev–Trinajstić information content (AvgIpc) is 3.34. The van der Waals surface area contributed by atoms with Crippen molar-refractivity contribution in [3.8, 4) is 5.69 Å². The zero-order valence-corrected chi connectivity index (χ0v) is 19.7. The first-order valence-electron chi connectivity index (χ1n) is 10.7. The molecule has 0 saturated carbocycles. The number of amides is 2. The largest absolute Gasteiger partial charge is 0.346 e. The number of hydrogen-bond donors (Lipinski definition) is 1. The molecule has 1 N–H and O–H groups in total. The van der Waals surface area contributed by atoms with Crippen molar-refractivity contribution in [1.29, 1.82) is 0 Å². The number of imidazole rings is 1. The van der Waals surface area contributed by atoms with Crippen LogP contribution < -0.4 is 10.2 Å². The maximum absolute atomic E-state index is 12.9. The van der Waals surface area contributed by atoms with Crippen LogP contribution in [0.3, 0.4) is 0 Å². The Morgan fingerprint density at radius 2 is 1.81 bits per heavy atom. The lowest BCUT2D eigenvalue weighted by atomic mass is 9.97. The van der Waals surface area contributed by atoms with Crippen LogP contribution in [0.1, 0.15) is 39.4 Å². The number of nitrogens with zero attached hydrogens (tertiary/aromatic N) is 6. The fraction of sp³-hybridized carbons (Fsp3) is 0.391. The molecular weight excluding hydrogens is 426 g/mol. The first kappa shape index (κ1) is 22.1. The Kier molecular flexibility index (Phi) is 6.06. The molecule has 8 nitrogen and oxygen atoms in total. The Balaban J connectivity index is 1.53. The lowest BCUT2D eigenvalue weighted by Gasteiger charge is -2.28. The van der Waals surface area contributed by atoms with Gasteiger partial charge in [0.1, 0.15) is 5.82 Å². The summed E-state index contributed by atoms with van der Waals surface area (Å²) in [6.07, 6.45) is 5.40. The van der Waals surface area contributed by atoms with Crippen LogP contribution in [0, 0.1) is 5.92 Å². The molecule has 32 heavy (non-hydrogen) atoms. The van der Waals surface area contributed by atoms with Crippen LogP contribution >= 0.6 is 11.6 Å². The number of hydrogen-bond acceptors (Lipinski definition) is 5. The monoisotopic (exact) mass is 453 g/mol. The SMILES string of the molecule is CC(C)[C@H]1C(C)N(C)C(=O)N1c1ccnc(N[C@@H](C)c2cn(-c3ccc(Cl)cc3)cn2)n1. The van der Waals surface area contributed by atoms with Gasteiger partial charge in [-0.1, -0.05) is 25.4 Å². The van der Waals surface area contributed by atoms with E-state index in [1.165, 1.54) is 0 Å². The van der Waals surface area contributed by atoms with E-state index >= 15 is 0 Å². The summed E-state index contributed by atoms with van der Waals surface area (Å²) in [5.41, 5.74) is 1.82. The minimum absolute atomic E-state index is 0.0442. The second-order valence-electron chi connectivity index (χ2n) is 8.53. The molecule has 1 aromatic carbocycles. The first-order chi connectivity index (χ1) is 15.3. The zero-order chi connectivity index (χ0) is 23.0. The van der Waals surface area contributed by atoms with Gasteiger partial charge in [-0.25, -0.2) is 14.8 Å². The van der Waals surface area contributed by atoms with Gasteiger partial charge in [0.2, 0.25) is 5.95 Å². The zero-order valence-electron chi connectivity index (χ0n) is 18.9. The van der Waals surface area contributed by atoms with Crippen molar-refractivity contribution in [3.05, 3.63) is 59.8 Å². The molecule has 9 heteroatoms. The number of carbonyl (C=O) groups is 1. The molecule has 0 radical (unpaired) electrons. The molecule has 4 rings (SSSR count). The Morgan fingerprint density at radius 1 is 1.09 bits per heavy atom. The molecule has 1 saturated heterocycles. The molecule has 0 bridgehead atoms. The van der Waals surface area contributed by atoms with E-state index in [0.717, 1.165) is 11.4 Å². The van der Waals surface area contributed by atoms with E-state index in [-0.39, 0.29) is 24.2 Å². The lowest BCUT2D eigenvalue weighted by molar-refractivity contribution is 0.219. The number of rotatable bonds is 6. The highest BCUT2D eigenvalue weighted by molar-refractivity contribution is 6.30. The summed E-state index contributed by atoms with van der Waals surface area (Å²) in [7, 11) is 1.84. The first-order valence-corrected chi connectivity index (χ1v) is 11.1. The molecule has 0 aliphatic carbocycles. The van der Waals surface area contributed by atoms with Crippen LogP contribution in [0.25, 0.3) is 5.69 Å². The van der Waals surface area contributed by atoms with Gasteiger partial charge >= 0.3 is 6.03 Å². The van der Waals surface area contributed by atoms with Crippen molar-refractivity contribution in [2.45, 2.75) is 45.8 Å². The van der Waals surface area contributed by atoms with E-state index in [0.29, 0.717) is 22.7 Å². The van der Waals surface area contributed by atoms with Crippen LogP contribution in [-0.4, -0.2) is 49.6 Å². The molecule has 2 amide bonds. The maximum Gasteiger partial charge on any atom is 0.326 e. The van der Waals surface area contributed by atoms with E-state index in [1.807, 2.05) is 49.0 Å². The predicted molar refractivity (Wildman–Crippen MR) is 126 cm³/mol. The second kappa shape index (κ2) is 8.78. The van der Waals surface area contributed by atoms with Gasteiger partial charge in [-0.2, -0.15) is 4.98 Å². The van der Waals surface area contributed by atoms with Crippen molar-refractivity contribution >= 4 is 29.4 Å². The van der Waals surface area contributed by atoms with Gasteiger partial charge in [0.15, 0.2) is 0 Å². The molecule has 3 heterocycles. The number of likely N-dealkylation sites (N-methyl/N-ethyl adjacent to an activating group) is 1. The summed E-state index contributed by atoms with van der Waals surface area (Å²) in [4.78, 5) is 30.0. The topological polar surface area (TPSA) is 79.2 Å². The Labute approximate surface area is 193 Å². The molecule has 3 aromatic rings. The Bertz CT molecular complexity index is 1100. The number of carbonyl (C=O) groups excluding carboxylic acids is 1. The van der Waals surface area contributed by atoms with Gasteiger partial charge < -0.3 is 14.8 Å². The third kappa shape index (κ3) is 4.14. The van der Waals surface area contributed by atoms with Gasteiger partial charge in [-0.3, -0.25) is 4.90 Å². The average molecular weight is 454 g/mol. The van der Waals surface area contributed by atoms with E-state index in [2.05, 4.69) is 41.0 Å².